The molecule has 4 rings (SSSR count). The van der Waals surface area contributed by atoms with Gasteiger partial charge in [0.2, 0.25) is 17.6 Å². The highest BCUT2D eigenvalue weighted by atomic mass is 16.5. The van der Waals surface area contributed by atoms with E-state index in [9.17, 15) is 4.79 Å². The Morgan fingerprint density at radius 2 is 2.11 bits per heavy atom. The molecule has 0 aliphatic carbocycles. The van der Waals surface area contributed by atoms with Gasteiger partial charge in [-0.15, -0.1) is 0 Å². The maximum atomic E-state index is 12.2. The number of carbonyl (C=O) groups excluding carboxylic acids is 1. The molecule has 0 atom stereocenters. The molecule has 0 spiro atoms. The lowest BCUT2D eigenvalue weighted by Gasteiger charge is -2.03. The average Bonchev–Trinajstić information content (AvgIpc) is 3.38. The highest BCUT2D eigenvalue weighted by molar-refractivity contribution is 5.92. The van der Waals surface area contributed by atoms with Gasteiger partial charge in [-0.3, -0.25) is 4.79 Å². The van der Waals surface area contributed by atoms with Crippen LogP contribution in [0.3, 0.4) is 0 Å². The van der Waals surface area contributed by atoms with Crippen molar-refractivity contribution in [1.82, 2.24) is 15.1 Å². The lowest BCUT2D eigenvalue weighted by molar-refractivity contribution is -0.116. The second-order valence-electron chi connectivity index (χ2n) is 6.43. The molecule has 138 valence electrons. The molecular weight excluding hydrogens is 348 g/mol. The third-order valence-corrected chi connectivity index (χ3v) is 3.96. The number of oxazole rings is 1. The minimum absolute atomic E-state index is 0.153. The zero-order chi connectivity index (χ0) is 18.8. The summed E-state index contributed by atoms with van der Waals surface area (Å²) in [5.41, 5.74) is 2.09. The first-order valence-corrected chi connectivity index (χ1v) is 8.65. The Kier molecular flexibility index (Phi) is 4.45. The van der Waals surface area contributed by atoms with E-state index in [1.807, 2.05) is 13.8 Å². The molecule has 1 amide bonds. The van der Waals surface area contributed by atoms with Crippen molar-refractivity contribution in [3.8, 4) is 11.6 Å². The van der Waals surface area contributed by atoms with Crippen LogP contribution in [0.1, 0.15) is 38.0 Å². The van der Waals surface area contributed by atoms with Crippen LogP contribution < -0.4 is 5.32 Å². The van der Waals surface area contributed by atoms with Gasteiger partial charge in [-0.2, -0.15) is 4.98 Å². The number of aromatic nitrogens is 3. The van der Waals surface area contributed by atoms with Crippen LogP contribution in [-0.2, 0) is 11.2 Å². The molecule has 4 aromatic rings. The number of fused-ring (bicyclic) bond motifs is 1. The van der Waals surface area contributed by atoms with Gasteiger partial charge in [-0.1, -0.05) is 19.0 Å². The van der Waals surface area contributed by atoms with Crippen molar-refractivity contribution in [3.05, 3.63) is 48.4 Å². The van der Waals surface area contributed by atoms with Crippen molar-refractivity contribution in [2.45, 2.75) is 32.6 Å². The van der Waals surface area contributed by atoms with Gasteiger partial charge in [0.05, 0.1) is 6.26 Å². The Labute approximate surface area is 154 Å². The maximum Gasteiger partial charge on any atom is 0.238 e. The molecule has 3 aromatic heterocycles. The topological polar surface area (TPSA) is 107 Å². The molecule has 1 N–H and O–H groups in total. The number of aryl methyl sites for hydroxylation is 1. The van der Waals surface area contributed by atoms with Gasteiger partial charge in [0.1, 0.15) is 5.52 Å². The quantitative estimate of drug-likeness (QED) is 0.546. The summed E-state index contributed by atoms with van der Waals surface area (Å²) in [5, 5.41) is 6.69. The number of nitrogens with zero attached hydrogens (tertiary/aromatic N) is 3. The van der Waals surface area contributed by atoms with Crippen LogP contribution in [0.5, 0.6) is 0 Å². The summed E-state index contributed by atoms with van der Waals surface area (Å²) in [6.07, 6.45) is 2.09. The van der Waals surface area contributed by atoms with Gasteiger partial charge in [0, 0.05) is 24.4 Å². The van der Waals surface area contributed by atoms with Crippen molar-refractivity contribution in [2.75, 3.05) is 5.32 Å². The Morgan fingerprint density at radius 3 is 2.89 bits per heavy atom. The number of anilines is 1. The average molecular weight is 366 g/mol. The van der Waals surface area contributed by atoms with Crippen LogP contribution in [0, 0.1) is 0 Å². The normalized spacial score (nSPS) is 11.4. The van der Waals surface area contributed by atoms with Gasteiger partial charge in [0.15, 0.2) is 17.2 Å². The Bertz CT molecular complexity index is 1060. The fourth-order valence-corrected chi connectivity index (χ4v) is 2.58. The van der Waals surface area contributed by atoms with Gasteiger partial charge in [-0.05, 0) is 30.3 Å². The molecule has 0 saturated carbocycles. The molecule has 8 nitrogen and oxygen atoms in total. The molecule has 0 aliphatic heterocycles. The number of rotatable bonds is 6. The summed E-state index contributed by atoms with van der Waals surface area (Å²) in [6.45, 7) is 4.03. The fraction of sp³-hybridized carbons (Fsp3) is 0.263. The van der Waals surface area contributed by atoms with E-state index in [1.54, 1.807) is 30.3 Å². The number of amides is 1. The number of furan rings is 1. The highest BCUT2D eigenvalue weighted by Crippen LogP contribution is 2.24. The zero-order valence-electron chi connectivity index (χ0n) is 14.9. The number of nitrogens with one attached hydrogen (secondary N) is 1. The summed E-state index contributed by atoms with van der Waals surface area (Å²) in [4.78, 5) is 20.9. The van der Waals surface area contributed by atoms with E-state index < -0.39 is 0 Å². The standard InChI is InChI=1S/C19H18N4O4/c1-11(2)19-21-13-10-12(5-6-14(13)26-19)20-16(24)7-8-17-22-18(23-27-17)15-4-3-9-25-15/h3-6,9-11H,7-8H2,1-2H3,(H,20,24). The van der Waals surface area contributed by atoms with E-state index in [2.05, 4.69) is 20.4 Å². The third kappa shape index (κ3) is 3.74. The first-order chi connectivity index (χ1) is 13.1. The van der Waals surface area contributed by atoms with Gasteiger partial charge >= 0.3 is 0 Å². The predicted molar refractivity (Wildman–Crippen MR) is 97.0 cm³/mol. The molecule has 0 aliphatic rings. The number of hydrogen-bond donors (Lipinski definition) is 1. The maximum absolute atomic E-state index is 12.2. The van der Waals surface area contributed by atoms with Crippen LogP contribution in [0.2, 0.25) is 0 Å². The molecule has 0 saturated heterocycles. The molecule has 27 heavy (non-hydrogen) atoms. The van der Waals surface area contributed by atoms with E-state index in [0.717, 1.165) is 5.52 Å². The van der Waals surface area contributed by atoms with Crippen molar-refractivity contribution in [2.24, 2.45) is 0 Å². The molecule has 0 radical (unpaired) electrons. The van der Waals surface area contributed by atoms with E-state index >= 15 is 0 Å². The van der Waals surface area contributed by atoms with Crippen molar-refractivity contribution in [1.29, 1.82) is 0 Å². The van der Waals surface area contributed by atoms with Crippen LogP contribution in [0.4, 0.5) is 5.69 Å². The van der Waals surface area contributed by atoms with Crippen LogP contribution in [0.25, 0.3) is 22.7 Å². The number of hydrogen-bond acceptors (Lipinski definition) is 7. The van der Waals surface area contributed by atoms with E-state index in [1.165, 1.54) is 6.26 Å². The lowest BCUT2D eigenvalue weighted by atomic mass is 10.2. The Balaban J connectivity index is 1.37. The van der Waals surface area contributed by atoms with E-state index in [0.29, 0.717) is 41.1 Å². The lowest BCUT2D eigenvalue weighted by Crippen LogP contribution is -2.12. The minimum atomic E-state index is -0.153. The molecule has 3 heterocycles. The molecule has 0 bridgehead atoms. The summed E-state index contributed by atoms with van der Waals surface area (Å²) in [7, 11) is 0. The van der Waals surface area contributed by atoms with Crippen LogP contribution in [-0.4, -0.2) is 21.0 Å². The monoisotopic (exact) mass is 366 g/mol. The zero-order valence-corrected chi connectivity index (χ0v) is 14.9. The summed E-state index contributed by atoms with van der Waals surface area (Å²) in [5.74, 6) is 2.00. The highest BCUT2D eigenvalue weighted by Gasteiger charge is 2.13. The summed E-state index contributed by atoms with van der Waals surface area (Å²) in [6, 6.07) is 8.87. The molecule has 8 heteroatoms. The Hall–Kier alpha value is -3.42. The smallest absolute Gasteiger partial charge is 0.238 e. The molecule has 0 unspecified atom stereocenters. The second kappa shape index (κ2) is 7.06. The molecule has 1 aromatic carbocycles. The van der Waals surface area contributed by atoms with Crippen molar-refractivity contribution in [3.63, 3.8) is 0 Å². The van der Waals surface area contributed by atoms with E-state index in [4.69, 9.17) is 13.4 Å². The Morgan fingerprint density at radius 1 is 1.22 bits per heavy atom. The van der Waals surface area contributed by atoms with Crippen LogP contribution >= 0.6 is 0 Å². The largest absolute Gasteiger partial charge is 0.461 e. The van der Waals surface area contributed by atoms with Gasteiger partial charge in [0.25, 0.3) is 0 Å². The fourth-order valence-electron chi connectivity index (χ4n) is 2.58. The first kappa shape index (κ1) is 17.0. The minimum Gasteiger partial charge on any atom is -0.461 e. The number of carbonyl (C=O) groups is 1. The van der Waals surface area contributed by atoms with Crippen LogP contribution in [0.15, 0.2) is 50.0 Å². The predicted octanol–water partition coefficient (Wildman–Crippen LogP) is 4.17. The third-order valence-electron chi connectivity index (χ3n) is 3.96. The van der Waals surface area contributed by atoms with E-state index in [-0.39, 0.29) is 18.2 Å². The summed E-state index contributed by atoms with van der Waals surface area (Å²) >= 11 is 0. The van der Waals surface area contributed by atoms with Gasteiger partial charge in [-0.25, -0.2) is 4.98 Å². The SMILES string of the molecule is CC(C)c1nc2cc(NC(=O)CCc3nc(-c4ccco4)no3)ccc2o1. The second-order valence-corrected chi connectivity index (χ2v) is 6.43. The van der Waals surface area contributed by atoms with Gasteiger partial charge < -0.3 is 18.7 Å². The van der Waals surface area contributed by atoms with Crippen molar-refractivity contribution < 1.29 is 18.2 Å². The van der Waals surface area contributed by atoms with Crippen molar-refractivity contribution >= 4 is 22.7 Å². The summed E-state index contributed by atoms with van der Waals surface area (Å²) < 4.78 is 16.0. The first-order valence-electron chi connectivity index (χ1n) is 8.65. The number of benzene rings is 1. The molecular formula is C19H18N4O4. The molecule has 0 fully saturated rings.